The molecule has 1 saturated heterocycles. The van der Waals surface area contributed by atoms with E-state index in [9.17, 15) is 14.7 Å². The van der Waals surface area contributed by atoms with E-state index in [0.29, 0.717) is 31.8 Å². The topological polar surface area (TPSA) is 89.9 Å². The van der Waals surface area contributed by atoms with Gasteiger partial charge in [-0.15, -0.1) is 0 Å². The van der Waals surface area contributed by atoms with Crippen molar-refractivity contribution >= 4 is 11.9 Å². The summed E-state index contributed by atoms with van der Waals surface area (Å²) in [6.45, 7) is 8.89. The fourth-order valence-electron chi connectivity index (χ4n) is 3.83. The normalized spacial score (nSPS) is 19.8. The van der Waals surface area contributed by atoms with Crippen molar-refractivity contribution < 1.29 is 19.8 Å². The fourth-order valence-corrected chi connectivity index (χ4v) is 3.83. The number of aliphatic hydroxyl groups is 1. The second-order valence-corrected chi connectivity index (χ2v) is 7.28. The standard InChI is InChI=1S/C21H36N2O4/c1-4-8-16(6-3)19(24)13-15-23-17(11-12-20(23)25)10-7-14-22-18(9-5-2)21(26)27/h5,9,16-17,19,22,24H,2,4,6-8,10-15H2,1,3H3,(H,26,27)/b18-9-. The largest absolute Gasteiger partial charge is 0.477 e. The van der Waals surface area contributed by atoms with Crippen molar-refractivity contribution in [1.82, 2.24) is 10.2 Å². The summed E-state index contributed by atoms with van der Waals surface area (Å²) in [7, 11) is 0. The van der Waals surface area contributed by atoms with E-state index in [1.807, 2.05) is 4.90 Å². The third kappa shape index (κ3) is 7.75. The Hall–Kier alpha value is -1.82. The summed E-state index contributed by atoms with van der Waals surface area (Å²) >= 11 is 0. The highest BCUT2D eigenvalue weighted by Gasteiger charge is 2.31. The number of carboxylic acids is 1. The highest BCUT2D eigenvalue weighted by atomic mass is 16.4. The second-order valence-electron chi connectivity index (χ2n) is 7.28. The molecule has 3 atom stereocenters. The molecule has 27 heavy (non-hydrogen) atoms. The van der Waals surface area contributed by atoms with Crippen molar-refractivity contribution in [2.24, 2.45) is 5.92 Å². The van der Waals surface area contributed by atoms with Crippen LogP contribution in [0.3, 0.4) is 0 Å². The zero-order chi connectivity index (χ0) is 20.2. The number of carboxylic acid groups (broad SMARTS) is 1. The minimum Gasteiger partial charge on any atom is -0.477 e. The Bertz CT molecular complexity index is 518. The van der Waals surface area contributed by atoms with E-state index in [1.54, 1.807) is 0 Å². The molecule has 6 heteroatoms. The number of allylic oxidation sites excluding steroid dienone is 2. The summed E-state index contributed by atoms with van der Waals surface area (Å²) < 4.78 is 0. The molecule has 1 amide bonds. The molecule has 0 saturated carbocycles. The molecule has 0 spiro atoms. The van der Waals surface area contributed by atoms with Crippen LogP contribution >= 0.6 is 0 Å². The Morgan fingerprint density at radius 3 is 2.74 bits per heavy atom. The SMILES string of the molecule is C=C/C=C(\NCCCC1CCC(=O)N1CCC(O)C(CC)CCC)C(=O)O. The van der Waals surface area contributed by atoms with Crippen LogP contribution in [-0.2, 0) is 9.59 Å². The van der Waals surface area contributed by atoms with E-state index in [0.717, 1.165) is 38.5 Å². The Morgan fingerprint density at radius 1 is 1.41 bits per heavy atom. The van der Waals surface area contributed by atoms with Gasteiger partial charge >= 0.3 is 5.97 Å². The third-order valence-corrected chi connectivity index (χ3v) is 5.39. The van der Waals surface area contributed by atoms with E-state index < -0.39 is 5.97 Å². The van der Waals surface area contributed by atoms with Gasteiger partial charge in [-0.05, 0) is 44.1 Å². The van der Waals surface area contributed by atoms with E-state index in [4.69, 9.17) is 5.11 Å². The predicted octanol–water partition coefficient (Wildman–Crippen LogP) is 3.08. The molecule has 0 bridgehead atoms. The van der Waals surface area contributed by atoms with Crippen LogP contribution in [0.1, 0.15) is 65.2 Å². The lowest BCUT2D eigenvalue weighted by Gasteiger charge is -2.28. The molecule has 1 heterocycles. The highest BCUT2D eigenvalue weighted by molar-refractivity contribution is 5.86. The average Bonchev–Trinajstić information content (AvgIpc) is 2.99. The summed E-state index contributed by atoms with van der Waals surface area (Å²) in [4.78, 5) is 25.2. The molecule has 0 aromatic heterocycles. The summed E-state index contributed by atoms with van der Waals surface area (Å²) in [6, 6.07) is 0.189. The average molecular weight is 381 g/mol. The quantitative estimate of drug-likeness (QED) is 0.245. The van der Waals surface area contributed by atoms with Gasteiger partial charge in [-0.25, -0.2) is 4.79 Å². The van der Waals surface area contributed by atoms with Gasteiger partial charge in [0.15, 0.2) is 0 Å². The predicted molar refractivity (Wildman–Crippen MR) is 107 cm³/mol. The third-order valence-electron chi connectivity index (χ3n) is 5.39. The first-order valence-electron chi connectivity index (χ1n) is 10.2. The van der Waals surface area contributed by atoms with E-state index in [2.05, 4.69) is 25.7 Å². The number of hydrogen-bond donors (Lipinski definition) is 3. The number of nitrogens with zero attached hydrogens (tertiary/aromatic N) is 1. The zero-order valence-corrected chi connectivity index (χ0v) is 16.8. The van der Waals surface area contributed by atoms with Crippen LogP contribution in [0.4, 0.5) is 0 Å². The number of carbonyl (C=O) groups is 2. The van der Waals surface area contributed by atoms with Crippen LogP contribution in [-0.4, -0.2) is 52.2 Å². The summed E-state index contributed by atoms with van der Waals surface area (Å²) in [5.74, 6) is -0.526. The number of aliphatic hydroxyl groups excluding tert-OH is 1. The summed E-state index contributed by atoms with van der Waals surface area (Å²) in [6.07, 6.45) is 9.23. The molecule has 0 radical (unpaired) electrons. The number of nitrogens with one attached hydrogen (secondary N) is 1. The van der Waals surface area contributed by atoms with E-state index in [-0.39, 0.29) is 23.8 Å². The number of rotatable bonds is 14. The fraction of sp³-hybridized carbons (Fsp3) is 0.714. The molecular formula is C21H36N2O4. The molecule has 0 aromatic rings. The molecule has 1 aliphatic rings. The van der Waals surface area contributed by atoms with Gasteiger partial charge in [-0.1, -0.05) is 39.3 Å². The highest BCUT2D eigenvalue weighted by Crippen LogP contribution is 2.25. The molecule has 3 N–H and O–H groups in total. The van der Waals surface area contributed by atoms with Crippen LogP contribution in [0.15, 0.2) is 24.4 Å². The smallest absolute Gasteiger partial charge is 0.351 e. The monoisotopic (exact) mass is 380 g/mol. The van der Waals surface area contributed by atoms with Gasteiger partial charge in [0.2, 0.25) is 5.91 Å². The van der Waals surface area contributed by atoms with Crippen LogP contribution in [0.5, 0.6) is 0 Å². The molecule has 1 fully saturated rings. The maximum absolute atomic E-state index is 12.2. The maximum Gasteiger partial charge on any atom is 0.351 e. The van der Waals surface area contributed by atoms with E-state index >= 15 is 0 Å². The number of aliphatic carboxylic acids is 1. The number of likely N-dealkylation sites (tertiary alicyclic amines) is 1. The van der Waals surface area contributed by atoms with Crippen LogP contribution < -0.4 is 5.32 Å². The van der Waals surface area contributed by atoms with Gasteiger partial charge in [0.25, 0.3) is 0 Å². The first kappa shape index (κ1) is 23.2. The van der Waals surface area contributed by atoms with Gasteiger partial charge in [0.05, 0.1) is 6.10 Å². The van der Waals surface area contributed by atoms with Crippen molar-refractivity contribution in [3.8, 4) is 0 Å². The van der Waals surface area contributed by atoms with Crippen molar-refractivity contribution in [2.45, 2.75) is 77.4 Å². The molecule has 6 nitrogen and oxygen atoms in total. The van der Waals surface area contributed by atoms with Gasteiger partial charge in [-0.3, -0.25) is 4.79 Å². The van der Waals surface area contributed by atoms with Gasteiger partial charge in [0, 0.05) is 25.6 Å². The lowest BCUT2D eigenvalue weighted by Crippen LogP contribution is -2.37. The van der Waals surface area contributed by atoms with Crippen LogP contribution in [0.2, 0.25) is 0 Å². The Morgan fingerprint density at radius 2 is 2.15 bits per heavy atom. The minimum atomic E-state index is -1.00. The Labute approximate surface area is 163 Å². The van der Waals surface area contributed by atoms with Crippen molar-refractivity contribution in [1.29, 1.82) is 0 Å². The first-order chi connectivity index (χ1) is 12.9. The van der Waals surface area contributed by atoms with Crippen molar-refractivity contribution in [3.05, 3.63) is 24.4 Å². The van der Waals surface area contributed by atoms with E-state index in [1.165, 1.54) is 12.2 Å². The molecule has 1 rings (SSSR count). The molecule has 3 unspecified atom stereocenters. The lowest BCUT2D eigenvalue weighted by atomic mass is 9.92. The number of hydrogen-bond acceptors (Lipinski definition) is 4. The van der Waals surface area contributed by atoms with Crippen LogP contribution in [0.25, 0.3) is 0 Å². The second kappa shape index (κ2) is 12.5. The molecular weight excluding hydrogens is 344 g/mol. The lowest BCUT2D eigenvalue weighted by molar-refractivity contribution is -0.133. The molecule has 154 valence electrons. The van der Waals surface area contributed by atoms with Crippen molar-refractivity contribution in [3.63, 3.8) is 0 Å². The Balaban J connectivity index is 2.44. The van der Waals surface area contributed by atoms with Gasteiger partial charge < -0.3 is 20.4 Å². The van der Waals surface area contributed by atoms with Crippen LogP contribution in [0, 0.1) is 5.92 Å². The summed E-state index contributed by atoms with van der Waals surface area (Å²) in [5.41, 5.74) is 0.133. The zero-order valence-electron chi connectivity index (χ0n) is 16.8. The van der Waals surface area contributed by atoms with Gasteiger partial charge in [0.1, 0.15) is 5.70 Å². The number of carbonyl (C=O) groups excluding carboxylic acids is 1. The minimum absolute atomic E-state index is 0.133. The van der Waals surface area contributed by atoms with Crippen molar-refractivity contribution in [2.75, 3.05) is 13.1 Å². The first-order valence-corrected chi connectivity index (χ1v) is 10.2. The van der Waals surface area contributed by atoms with Gasteiger partial charge in [-0.2, -0.15) is 0 Å². The maximum atomic E-state index is 12.2. The Kier molecular flexibility index (Phi) is 10.8. The number of amides is 1. The molecule has 1 aliphatic heterocycles. The summed E-state index contributed by atoms with van der Waals surface area (Å²) in [5, 5.41) is 22.4. The molecule has 0 aromatic carbocycles. The molecule has 0 aliphatic carbocycles.